The molecule has 230 valence electrons. The van der Waals surface area contributed by atoms with Crippen molar-refractivity contribution in [3.05, 3.63) is 98.9 Å². The van der Waals surface area contributed by atoms with E-state index in [0.717, 1.165) is 26.8 Å². The summed E-state index contributed by atoms with van der Waals surface area (Å²) < 4.78 is 232. The SMILES string of the molecule is CC1=CC(C)(C)OC1=[O+][B-](c1c(F)c(F)c(F)c(F)c1F)(c1c(F)c(F)c(F)c(F)c1F)c1c(F)c(F)c(F)c(F)c1F. The predicted octanol–water partition coefficient (Wildman–Crippen LogP) is 5.56. The standard InChI is InChI=1S/C25H10BF15O2/c1-5-4-25(2,3)42-24(5)43-26(6-9(27)15(33)21(39)16(34)10(6)28,7-11(29)17(35)22(40)18(36)12(7)30)8-13(31)19(37)23(41)20(38)14(8)32/h4H,1-3H3. The Labute approximate surface area is 229 Å². The number of rotatable bonds is 4. The molecule has 0 atom stereocenters. The molecule has 1 aliphatic heterocycles. The topological polar surface area (TPSA) is 20.5 Å². The van der Waals surface area contributed by atoms with Crippen LogP contribution in [0.25, 0.3) is 0 Å². The van der Waals surface area contributed by atoms with Gasteiger partial charge in [-0.05, 0) is 23.3 Å². The van der Waals surface area contributed by atoms with Gasteiger partial charge in [0.25, 0.3) is 0 Å². The third-order valence-electron chi connectivity index (χ3n) is 6.48. The third kappa shape index (κ3) is 4.43. The first-order valence-corrected chi connectivity index (χ1v) is 11.4. The van der Waals surface area contributed by atoms with E-state index in [2.05, 4.69) is 0 Å². The molecule has 3 aromatic carbocycles. The van der Waals surface area contributed by atoms with Crippen LogP contribution in [0.3, 0.4) is 0 Å². The van der Waals surface area contributed by atoms with Crippen LogP contribution >= 0.6 is 0 Å². The quantitative estimate of drug-likeness (QED) is 0.0917. The van der Waals surface area contributed by atoms with Crippen LogP contribution in [0.4, 0.5) is 65.9 Å². The minimum absolute atomic E-state index is 0.465. The molecule has 0 unspecified atom stereocenters. The van der Waals surface area contributed by atoms with E-state index >= 15 is 26.3 Å². The first kappa shape index (κ1) is 31.8. The number of carbonyl (C=O) groups excluding carboxylic acids is 1. The Kier molecular flexibility index (Phi) is 7.59. The molecule has 1 heterocycles. The van der Waals surface area contributed by atoms with Crippen LogP contribution < -0.4 is 16.4 Å². The zero-order valence-electron chi connectivity index (χ0n) is 21.1. The minimum atomic E-state index is -6.21. The summed E-state index contributed by atoms with van der Waals surface area (Å²) in [6, 6.07) is 0. The maximum Gasteiger partial charge on any atom is 0.459 e. The summed E-state index contributed by atoms with van der Waals surface area (Å²) in [6.07, 6.45) is -5.19. The van der Waals surface area contributed by atoms with Crippen molar-refractivity contribution in [2.24, 2.45) is 0 Å². The molecule has 0 aliphatic carbocycles. The van der Waals surface area contributed by atoms with E-state index in [1.54, 1.807) is 0 Å². The fourth-order valence-electron chi connectivity index (χ4n) is 4.75. The number of esters is 1. The van der Waals surface area contributed by atoms with Gasteiger partial charge in [0.2, 0.25) is 5.60 Å². The summed E-state index contributed by atoms with van der Waals surface area (Å²) >= 11 is 0. The van der Waals surface area contributed by atoms with Crippen LogP contribution in [0, 0.1) is 87.3 Å². The predicted molar refractivity (Wildman–Crippen MR) is 117 cm³/mol. The Hall–Kier alpha value is -4.12. The molecule has 4 rings (SSSR count). The molecule has 0 saturated heterocycles. The number of ether oxygens (including phenoxy) is 1. The zero-order valence-corrected chi connectivity index (χ0v) is 21.1. The highest BCUT2D eigenvalue weighted by Crippen LogP contribution is 2.30. The van der Waals surface area contributed by atoms with Crippen molar-refractivity contribution in [2.75, 3.05) is 0 Å². The van der Waals surface area contributed by atoms with Gasteiger partial charge in [-0.25, -0.2) is 65.9 Å². The fraction of sp³-hybridized carbons (Fsp3) is 0.160. The van der Waals surface area contributed by atoms with E-state index in [0.29, 0.717) is 0 Å². The van der Waals surface area contributed by atoms with Crippen molar-refractivity contribution in [2.45, 2.75) is 26.4 Å². The first-order valence-electron chi connectivity index (χ1n) is 11.4. The normalized spacial score (nSPS) is 15.8. The van der Waals surface area contributed by atoms with Crippen LogP contribution in [0.5, 0.6) is 0 Å². The van der Waals surface area contributed by atoms with Gasteiger partial charge >= 0.3 is 12.3 Å². The molecule has 43 heavy (non-hydrogen) atoms. The molecule has 0 aromatic heterocycles. The van der Waals surface area contributed by atoms with Gasteiger partial charge in [0.15, 0.2) is 52.4 Å². The monoisotopic (exact) mass is 638 g/mol. The molecule has 0 amide bonds. The lowest BCUT2D eigenvalue weighted by atomic mass is 9.27. The Morgan fingerprint density at radius 2 is 0.698 bits per heavy atom. The van der Waals surface area contributed by atoms with Crippen molar-refractivity contribution in [3.8, 4) is 0 Å². The Morgan fingerprint density at radius 3 is 0.907 bits per heavy atom. The summed E-state index contributed by atoms with van der Waals surface area (Å²) in [5.41, 5.74) is -10.8. The van der Waals surface area contributed by atoms with Crippen LogP contribution in [-0.4, -0.2) is 17.9 Å². The molecular formula is C25H10BF15O2. The maximum absolute atomic E-state index is 15.4. The van der Waals surface area contributed by atoms with Crippen LogP contribution in [0.1, 0.15) is 20.8 Å². The van der Waals surface area contributed by atoms with Gasteiger partial charge in [0.1, 0.15) is 34.9 Å². The van der Waals surface area contributed by atoms with Gasteiger partial charge in [0.05, 0.1) is 5.57 Å². The second kappa shape index (κ2) is 10.3. The number of cyclic esters (lactones) is 1. The maximum atomic E-state index is 15.4. The largest absolute Gasteiger partial charge is 0.561 e. The average molecular weight is 638 g/mol. The van der Waals surface area contributed by atoms with E-state index < -0.39 is 127 Å². The molecule has 3 aromatic rings. The van der Waals surface area contributed by atoms with Crippen molar-refractivity contribution >= 4 is 28.7 Å². The van der Waals surface area contributed by atoms with Crippen molar-refractivity contribution < 1.29 is 74.9 Å². The lowest BCUT2D eigenvalue weighted by molar-refractivity contribution is -0.314. The molecular weight excluding hydrogens is 628 g/mol. The first-order chi connectivity index (χ1) is 19.7. The molecule has 0 fully saturated rings. The second-order valence-corrected chi connectivity index (χ2v) is 9.68. The summed E-state index contributed by atoms with van der Waals surface area (Å²) in [6.45, 7) is 3.27. The average Bonchev–Trinajstić information content (AvgIpc) is 3.20. The van der Waals surface area contributed by atoms with Gasteiger partial charge in [-0.1, -0.05) is 0 Å². The molecule has 0 bridgehead atoms. The molecule has 2 nitrogen and oxygen atoms in total. The number of hydrogen-bond acceptors (Lipinski definition) is 1. The number of benzene rings is 3. The highest BCUT2D eigenvalue weighted by atomic mass is 19.2. The Bertz CT molecular complexity index is 1540. The lowest BCUT2D eigenvalue weighted by Crippen LogP contribution is -2.74. The number of hydrogen-bond donors (Lipinski definition) is 0. The zero-order chi connectivity index (χ0) is 32.7. The van der Waals surface area contributed by atoms with E-state index in [1.165, 1.54) is 0 Å². The molecule has 18 heteroatoms. The minimum Gasteiger partial charge on any atom is -0.561 e. The van der Waals surface area contributed by atoms with Crippen molar-refractivity contribution in [1.29, 1.82) is 0 Å². The van der Waals surface area contributed by atoms with Crippen molar-refractivity contribution in [3.63, 3.8) is 0 Å². The van der Waals surface area contributed by atoms with E-state index in [4.69, 9.17) is 9.08 Å². The fourth-order valence-corrected chi connectivity index (χ4v) is 4.75. The molecule has 0 radical (unpaired) electrons. The Balaban J connectivity index is 2.51. The van der Waals surface area contributed by atoms with Crippen LogP contribution in [0.2, 0.25) is 0 Å². The van der Waals surface area contributed by atoms with Gasteiger partial charge in [-0.15, -0.1) is 0 Å². The van der Waals surface area contributed by atoms with Crippen molar-refractivity contribution in [1.82, 2.24) is 0 Å². The van der Waals surface area contributed by atoms with E-state index in [-0.39, 0.29) is 0 Å². The van der Waals surface area contributed by atoms with Crippen LogP contribution in [0.15, 0.2) is 11.6 Å². The molecule has 0 N–H and O–H groups in total. The number of halogens is 15. The summed E-state index contributed by atoms with van der Waals surface area (Å²) in [7, 11) is 0. The van der Waals surface area contributed by atoms with E-state index in [1.807, 2.05) is 0 Å². The van der Waals surface area contributed by atoms with Gasteiger partial charge < -0.3 is 9.08 Å². The van der Waals surface area contributed by atoms with E-state index in [9.17, 15) is 39.5 Å². The highest BCUT2D eigenvalue weighted by Gasteiger charge is 2.56. The second-order valence-electron chi connectivity index (χ2n) is 9.68. The molecule has 1 aliphatic rings. The third-order valence-corrected chi connectivity index (χ3v) is 6.48. The summed E-state index contributed by atoms with van der Waals surface area (Å²) in [5.74, 6) is -48.3. The smallest absolute Gasteiger partial charge is 0.459 e. The van der Waals surface area contributed by atoms with Gasteiger partial charge in [-0.3, -0.25) is 0 Å². The summed E-state index contributed by atoms with van der Waals surface area (Å²) in [5, 5.41) is 0. The molecule has 0 spiro atoms. The Morgan fingerprint density at radius 1 is 0.465 bits per heavy atom. The highest BCUT2D eigenvalue weighted by molar-refractivity contribution is 7.05. The summed E-state index contributed by atoms with van der Waals surface area (Å²) in [4.78, 5) is 0. The van der Waals surface area contributed by atoms with Gasteiger partial charge in [0, 0.05) is 19.9 Å². The van der Waals surface area contributed by atoms with Gasteiger partial charge in [-0.2, -0.15) is 0 Å². The van der Waals surface area contributed by atoms with Crippen LogP contribution in [-0.2, 0) is 9.08 Å². The molecule has 0 saturated carbocycles. The lowest BCUT2D eigenvalue weighted by Gasteiger charge is -2.35.